The van der Waals surface area contributed by atoms with Gasteiger partial charge in [0.15, 0.2) is 0 Å². The van der Waals surface area contributed by atoms with Gasteiger partial charge in [0.1, 0.15) is 0 Å². The molecule has 0 aliphatic heterocycles. The lowest BCUT2D eigenvalue weighted by Crippen LogP contribution is -2.56. The Bertz CT molecular complexity index is 434. The summed E-state index contributed by atoms with van der Waals surface area (Å²) < 4.78 is 1.05. The van der Waals surface area contributed by atoms with Crippen molar-refractivity contribution in [2.45, 2.75) is 44.7 Å². The molecule has 0 saturated heterocycles. The summed E-state index contributed by atoms with van der Waals surface area (Å²) in [5, 5.41) is 4.98. The summed E-state index contributed by atoms with van der Waals surface area (Å²) in [7, 11) is 0. The van der Waals surface area contributed by atoms with Crippen LogP contribution in [-0.2, 0) is 11.3 Å². The second-order valence-electron chi connectivity index (χ2n) is 5.23. The number of carbonyl (C=O) groups is 1. The lowest BCUT2D eigenvalue weighted by molar-refractivity contribution is -0.128. The highest BCUT2D eigenvalue weighted by molar-refractivity contribution is 9.10. The summed E-state index contributed by atoms with van der Waals surface area (Å²) in [6.07, 6.45) is 3.83. The molecule has 1 amide bonds. The summed E-state index contributed by atoms with van der Waals surface area (Å²) in [5.74, 6) is 0.539. The summed E-state index contributed by atoms with van der Waals surface area (Å²) in [4.78, 5) is 13.4. The number of hydrogen-bond acceptors (Lipinski definition) is 3. The van der Waals surface area contributed by atoms with Crippen molar-refractivity contribution >= 4 is 33.2 Å². The number of rotatable bonds is 3. The molecular formula is C13H19BrN2OS. The molecule has 3 N–H and O–H groups in total. The Hall–Kier alpha value is -0.390. The average Bonchev–Trinajstić information content (AvgIpc) is 2.71. The Labute approximate surface area is 120 Å². The van der Waals surface area contributed by atoms with Crippen molar-refractivity contribution in [2.75, 3.05) is 0 Å². The van der Waals surface area contributed by atoms with Gasteiger partial charge in [-0.15, -0.1) is 11.3 Å². The van der Waals surface area contributed by atoms with Gasteiger partial charge in [0.25, 0.3) is 0 Å². The van der Waals surface area contributed by atoms with Crippen molar-refractivity contribution in [3.63, 3.8) is 0 Å². The number of nitrogens with one attached hydrogen (secondary N) is 1. The van der Waals surface area contributed by atoms with E-state index in [-0.39, 0.29) is 5.91 Å². The fourth-order valence-corrected chi connectivity index (χ4v) is 4.02. The van der Waals surface area contributed by atoms with E-state index in [9.17, 15) is 4.79 Å². The zero-order valence-corrected chi connectivity index (χ0v) is 12.9. The third-order valence-electron chi connectivity index (χ3n) is 3.59. The molecule has 5 heteroatoms. The molecule has 1 aliphatic rings. The molecule has 0 spiro atoms. The Kier molecular flexibility index (Phi) is 4.45. The quantitative estimate of drug-likeness (QED) is 0.894. The first-order valence-corrected chi connectivity index (χ1v) is 7.97. The maximum absolute atomic E-state index is 12.2. The molecule has 2 unspecified atom stereocenters. The van der Waals surface area contributed by atoms with Gasteiger partial charge in [0.05, 0.1) is 12.1 Å². The van der Waals surface area contributed by atoms with Crippen molar-refractivity contribution in [2.24, 2.45) is 11.7 Å². The summed E-state index contributed by atoms with van der Waals surface area (Å²) >= 11 is 5.10. The van der Waals surface area contributed by atoms with Gasteiger partial charge in [0.2, 0.25) is 5.91 Å². The lowest BCUT2D eigenvalue weighted by Gasteiger charge is -2.35. The van der Waals surface area contributed by atoms with Crippen molar-refractivity contribution in [1.82, 2.24) is 5.32 Å². The fraction of sp³-hybridized carbons (Fsp3) is 0.615. The van der Waals surface area contributed by atoms with E-state index in [1.807, 2.05) is 11.4 Å². The molecule has 18 heavy (non-hydrogen) atoms. The summed E-state index contributed by atoms with van der Waals surface area (Å²) in [6, 6.07) is 1.99. The molecule has 1 aromatic rings. The van der Waals surface area contributed by atoms with Crippen molar-refractivity contribution in [3.8, 4) is 0 Å². The van der Waals surface area contributed by atoms with Gasteiger partial charge < -0.3 is 11.1 Å². The molecular weight excluding hydrogens is 312 g/mol. The fourth-order valence-electron chi connectivity index (χ4n) is 2.59. The Morgan fingerprint density at radius 2 is 2.50 bits per heavy atom. The molecule has 1 fully saturated rings. The molecule has 1 saturated carbocycles. The van der Waals surface area contributed by atoms with Gasteiger partial charge in [0, 0.05) is 9.35 Å². The van der Waals surface area contributed by atoms with E-state index >= 15 is 0 Å². The Balaban J connectivity index is 1.93. The van der Waals surface area contributed by atoms with Gasteiger partial charge in [-0.25, -0.2) is 0 Å². The molecule has 0 aromatic carbocycles. The molecule has 3 nitrogen and oxygen atoms in total. The second-order valence-corrected chi connectivity index (χ2v) is 7.09. The minimum absolute atomic E-state index is 0.00523. The number of carbonyl (C=O) groups excluding carboxylic acids is 1. The van der Waals surface area contributed by atoms with Crippen molar-refractivity contribution < 1.29 is 4.79 Å². The third-order valence-corrected chi connectivity index (χ3v) is 5.51. The molecule has 2 atom stereocenters. The largest absolute Gasteiger partial charge is 0.350 e. The van der Waals surface area contributed by atoms with Crippen LogP contribution in [0.15, 0.2) is 15.9 Å². The van der Waals surface area contributed by atoms with Gasteiger partial charge >= 0.3 is 0 Å². The molecule has 100 valence electrons. The molecule has 2 rings (SSSR count). The maximum atomic E-state index is 12.2. The van der Waals surface area contributed by atoms with Crippen LogP contribution < -0.4 is 11.1 Å². The van der Waals surface area contributed by atoms with Crippen LogP contribution in [0.1, 0.15) is 37.5 Å². The van der Waals surface area contributed by atoms with E-state index in [1.54, 1.807) is 11.3 Å². The number of halogens is 1. The number of amides is 1. The average molecular weight is 331 g/mol. The first-order valence-electron chi connectivity index (χ1n) is 6.30. The van der Waals surface area contributed by atoms with Gasteiger partial charge in [-0.3, -0.25) is 4.79 Å². The highest BCUT2D eigenvalue weighted by Crippen LogP contribution is 2.30. The van der Waals surface area contributed by atoms with Crippen LogP contribution in [0.2, 0.25) is 0 Å². The van der Waals surface area contributed by atoms with E-state index in [2.05, 4.69) is 28.2 Å². The van der Waals surface area contributed by atoms with Crippen LogP contribution in [0, 0.1) is 5.92 Å². The molecule has 1 aliphatic carbocycles. The van der Waals surface area contributed by atoms with E-state index in [4.69, 9.17) is 5.73 Å². The Morgan fingerprint density at radius 1 is 1.72 bits per heavy atom. The van der Waals surface area contributed by atoms with Crippen molar-refractivity contribution in [3.05, 3.63) is 20.8 Å². The van der Waals surface area contributed by atoms with Crippen LogP contribution in [-0.4, -0.2) is 11.4 Å². The first-order chi connectivity index (χ1) is 8.51. The summed E-state index contributed by atoms with van der Waals surface area (Å²) in [6.45, 7) is 2.73. The van der Waals surface area contributed by atoms with Gasteiger partial charge in [-0.1, -0.05) is 19.8 Å². The monoisotopic (exact) mass is 330 g/mol. The molecule has 1 aromatic heterocycles. The number of hydrogen-bond donors (Lipinski definition) is 2. The van der Waals surface area contributed by atoms with Crippen LogP contribution in [0.3, 0.4) is 0 Å². The Morgan fingerprint density at radius 3 is 3.11 bits per heavy atom. The highest BCUT2D eigenvalue weighted by atomic mass is 79.9. The smallest absolute Gasteiger partial charge is 0.240 e. The van der Waals surface area contributed by atoms with Crippen LogP contribution >= 0.6 is 27.3 Å². The summed E-state index contributed by atoms with van der Waals surface area (Å²) in [5.41, 5.74) is 5.58. The topological polar surface area (TPSA) is 55.1 Å². The van der Waals surface area contributed by atoms with E-state index < -0.39 is 5.54 Å². The van der Waals surface area contributed by atoms with E-state index in [0.717, 1.165) is 28.6 Å². The number of thiophene rings is 1. The number of nitrogens with two attached hydrogens (primary N) is 1. The standard InChI is InChI=1S/C13H19BrN2OS/c1-9-3-2-5-13(15,7-9)12(17)16-8-11-10(14)4-6-18-11/h4,6,9H,2-3,5,7-8,15H2,1H3,(H,16,17). The molecule has 0 bridgehead atoms. The SMILES string of the molecule is CC1CCCC(N)(C(=O)NCc2sccc2Br)C1. The predicted molar refractivity (Wildman–Crippen MR) is 78.4 cm³/mol. The lowest BCUT2D eigenvalue weighted by atomic mass is 9.76. The third kappa shape index (κ3) is 3.13. The van der Waals surface area contributed by atoms with Crippen LogP contribution in [0.25, 0.3) is 0 Å². The minimum Gasteiger partial charge on any atom is -0.350 e. The van der Waals surface area contributed by atoms with Crippen LogP contribution in [0.5, 0.6) is 0 Å². The maximum Gasteiger partial charge on any atom is 0.240 e. The molecule has 1 heterocycles. The van der Waals surface area contributed by atoms with E-state index in [1.165, 1.54) is 6.42 Å². The second kappa shape index (κ2) is 5.72. The van der Waals surface area contributed by atoms with Gasteiger partial charge in [-0.2, -0.15) is 0 Å². The zero-order chi connectivity index (χ0) is 13.2. The highest BCUT2D eigenvalue weighted by Gasteiger charge is 2.37. The van der Waals surface area contributed by atoms with E-state index in [0.29, 0.717) is 12.5 Å². The molecule has 0 radical (unpaired) electrons. The van der Waals surface area contributed by atoms with Gasteiger partial charge in [-0.05, 0) is 46.1 Å². The minimum atomic E-state index is -0.665. The van der Waals surface area contributed by atoms with Crippen LogP contribution in [0.4, 0.5) is 0 Å². The van der Waals surface area contributed by atoms with Crippen molar-refractivity contribution in [1.29, 1.82) is 0 Å². The predicted octanol–water partition coefficient (Wildman–Crippen LogP) is 3.03. The first kappa shape index (κ1) is 14.0. The normalized spacial score (nSPS) is 28.1. The zero-order valence-electron chi connectivity index (χ0n) is 10.5.